The van der Waals surface area contributed by atoms with Gasteiger partial charge in [-0.3, -0.25) is 14.5 Å². The second-order valence-corrected chi connectivity index (χ2v) is 13.0. The van der Waals surface area contributed by atoms with Crippen LogP contribution in [0.1, 0.15) is 206 Å². The van der Waals surface area contributed by atoms with Crippen molar-refractivity contribution in [2.24, 2.45) is 0 Å². The quantitative estimate of drug-likeness (QED) is 0.0745. The maximum Gasteiger partial charge on any atom is 0.149 e. The highest BCUT2D eigenvalue weighted by Crippen LogP contribution is 2.17. The molecule has 0 radical (unpaired) electrons. The summed E-state index contributed by atoms with van der Waals surface area (Å²) < 4.78 is 0. The first-order valence-corrected chi connectivity index (χ1v) is 18.2. The van der Waals surface area contributed by atoms with Gasteiger partial charge in [0.1, 0.15) is 11.6 Å². The molecule has 1 unspecified atom stereocenters. The summed E-state index contributed by atoms with van der Waals surface area (Å²) in [6.45, 7) is 4.56. The number of hydrogen-bond acceptors (Lipinski definition) is 3. The lowest BCUT2D eigenvalue weighted by molar-refractivity contribution is -0.124. The van der Waals surface area contributed by atoms with E-state index in [1.54, 1.807) is 0 Å². The fourth-order valence-corrected chi connectivity index (χ4v) is 5.95. The van der Waals surface area contributed by atoms with Crippen molar-refractivity contribution in [1.82, 2.24) is 4.90 Å². The van der Waals surface area contributed by atoms with Crippen LogP contribution in [0.4, 0.5) is 0 Å². The summed E-state index contributed by atoms with van der Waals surface area (Å²) in [4.78, 5) is 27.3. The lowest BCUT2D eigenvalue weighted by Gasteiger charge is -2.22. The standard InChI is InChI=1S/C37H73NO2/c1-5-7-9-11-13-15-17-19-21-23-25-27-29-31-35(39)33-34-36(38(3)4)37(40)32-30-28-26-24-22-20-18-16-14-12-10-8-6-2/h36H,5-34H2,1-4H3. The van der Waals surface area contributed by atoms with Crippen molar-refractivity contribution in [1.29, 1.82) is 0 Å². The van der Waals surface area contributed by atoms with Gasteiger partial charge in [-0.15, -0.1) is 0 Å². The molecular formula is C37H73NO2. The molecule has 0 aliphatic heterocycles. The van der Waals surface area contributed by atoms with E-state index >= 15 is 0 Å². The van der Waals surface area contributed by atoms with Crippen LogP contribution >= 0.6 is 0 Å². The third-order valence-corrected chi connectivity index (χ3v) is 8.78. The van der Waals surface area contributed by atoms with E-state index in [1.165, 1.54) is 154 Å². The third kappa shape index (κ3) is 27.5. The van der Waals surface area contributed by atoms with Gasteiger partial charge in [-0.2, -0.15) is 0 Å². The van der Waals surface area contributed by atoms with Crippen molar-refractivity contribution in [3.8, 4) is 0 Å². The van der Waals surface area contributed by atoms with Gasteiger partial charge in [0.15, 0.2) is 0 Å². The molecule has 0 aromatic carbocycles. The second kappa shape index (κ2) is 31.2. The largest absolute Gasteiger partial charge is 0.300 e. The van der Waals surface area contributed by atoms with Crippen molar-refractivity contribution in [2.45, 2.75) is 213 Å². The fraction of sp³-hybridized carbons (Fsp3) is 0.946. The molecule has 0 fully saturated rings. The summed E-state index contributed by atoms with van der Waals surface area (Å²) in [5.41, 5.74) is 0. The zero-order chi connectivity index (χ0) is 29.5. The molecule has 3 nitrogen and oxygen atoms in total. The Kier molecular flexibility index (Phi) is 30.7. The highest BCUT2D eigenvalue weighted by molar-refractivity contribution is 5.85. The molecule has 3 heteroatoms. The van der Waals surface area contributed by atoms with E-state index in [2.05, 4.69) is 13.8 Å². The van der Waals surface area contributed by atoms with Gasteiger partial charge >= 0.3 is 0 Å². The zero-order valence-electron chi connectivity index (χ0n) is 28.1. The topological polar surface area (TPSA) is 37.4 Å². The number of rotatable bonds is 33. The number of ketones is 2. The molecule has 238 valence electrons. The van der Waals surface area contributed by atoms with Crippen molar-refractivity contribution < 1.29 is 9.59 Å². The zero-order valence-corrected chi connectivity index (χ0v) is 28.1. The molecule has 0 spiro atoms. The Bertz CT molecular complexity index is 544. The van der Waals surface area contributed by atoms with E-state index in [4.69, 9.17) is 0 Å². The van der Waals surface area contributed by atoms with Gasteiger partial charge in [0.25, 0.3) is 0 Å². The molecular weight excluding hydrogens is 490 g/mol. The Morgan fingerprint density at radius 3 is 1.05 bits per heavy atom. The lowest BCUT2D eigenvalue weighted by atomic mass is 9.97. The van der Waals surface area contributed by atoms with Crippen LogP contribution in [0.2, 0.25) is 0 Å². The number of carbonyl (C=O) groups is 2. The van der Waals surface area contributed by atoms with E-state index < -0.39 is 0 Å². The SMILES string of the molecule is CCCCCCCCCCCCCCCC(=O)CCC(C(=O)CCCCCCCCCCCCCCC)N(C)C. The number of unbranched alkanes of at least 4 members (excludes halogenated alkanes) is 24. The van der Waals surface area contributed by atoms with Gasteiger partial charge in [-0.1, -0.05) is 168 Å². The van der Waals surface area contributed by atoms with Crippen molar-refractivity contribution in [2.75, 3.05) is 14.1 Å². The van der Waals surface area contributed by atoms with Crippen LogP contribution in [-0.2, 0) is 9.59 Å². The van der Waals surface area contributed by atoms with Crippen LogP contribution < -0.4 is 0 Å². The fourth-order valence-electron chi connectivity index (χ4n) is 5.95. The first-order valence-electron chi connectivity index (χ1n) is 18.2. The van der Waals surface area contributed by atoms with Gasteiger partial charge in [0.05, 0.1) is 6.04 Å². The number of carbonyl (C=O) groups excluding carboxylic acids is 2. The van der Waals surface area contributed by atoms with Gasteiger partial charge in [0.2, 0.25) is 0 Å². The Morgan fingerprint density at radius 2 is 0.725 bits per heavy atom. The smallest absolute Gasteiger partial charge is 0.149 e. The van der Waals surface area contributed by atoms with Crippen LogP contribution in [0.25, 0.3) is 0 Å². The van der Waals surface area contributed by atoms with Gasteiger partial charge < -0.3 is 0 Å². The summed E-state index contributed by atoms with van der Waals surface area (Å²) in [6.07, 6.45) is 37.2. The first-order chi connectivity index (χ1) is 19.5. The normalized spacial score (nSPS) is 12.3. The molecule has 0 saturated heterocycles. The average molecular weight is 564 g/mol. The number of hydrogen-bond donors (Lipinski definition) is 0. The van der Waals surface area contributed by atoms with Crippen LogP contribution in [0.5, 0.6) is 0 Å². The van der Waals surface area contributed by atoms with Crippen molar-refractivity contribution in [3.05, 3.63) is 0 Å². The van der Waals surface area contributed by atoms with E-state index in [-0.39, 0.29) is 6.04 Å². The van der Waals surface area contributed by atoms with Crippen molar-refractivity contribution in [3.63, 3.8) is 0 Å². The molecule has 0 aromatic heterocycles. The molecule has 0 bridgehead atoms. The Hall–Kier alpha value is -0.700. The Labute approximate surface area is 252 Å². The van der Waals surface area contributed by atoms with E-state index in [0.717, 1.165) is 12.8 Å². The highest BCUT2D eigenvalue weighted by atomic mass is 16.1. The summed E-state index contributed by atoms with van der Waals surface area (Å²) in [5, 5.41) is 0. The molecule has 0 heterocycles. The molecule has 0 aliphatic carbocycles. The first kappa shape index (κ1) is 39.3. The predicted molar refractivity (Wildman–Crippen MR) is 177 cm³/mol. The Morgan fingerprint density at radius 1 is 0.425 bits per heavy atom. The predicted octanol–water partition coefficient (Wildman–Crippen LogP) is 11.8. The van der Waals surface area contributed by atoms with E-state index in [1.807, 2.05) is 19.0 Å². The monoisotopic (exact) mass is 564 g/mol. The van der Waals surface area contributed by atoms with Crippen LogP contribution in [0, 0.1) is 0 Å². The van der Waals surface area contributed by atoms with E-state index in [0.29, 0.717) is 37.2 Å². The average Bonchev–Trinajstić information content (AvgIpc) is 2.93. The summed E-state index contributed by atoms with van der Waals surface area (Å²) >= 11 is 0. The van der Waals surface area contributed by atoms with Crippen LogP contribution in [0.15, 0.2) is 0 Å². The molecule has 0 N–H and O–H groups in total. The lowest BCUT2D eigenvalue weighted by Crippen LogP contribution is -2.36. The third-order valence-electron chi connectivity index (χ3n) is 8.78. The number of Topliss-reactive ketones (excluding diaryl/α,β-unsaturated/α-hetero) is 2. The van der Waals surface area contributed by atoms with Gasteiger partial charge in [-0.05, 0) is 33.4 Å². The minimum Gasteiger partial charge on any atom is -0.300 e. The summed E-state index contributed by atoms with van der Waals surface area (Å²) in [5.74, 6) is 0.686. The summed E-state index contributed by atoms with van der Waals surface area (Å²) in [6, 6.07) is -0.0899. The Balaban J connectivity index is 3.67. The molecule has 0 aliphatic rings. The second-order valence-electron chi connectivity index (χ2n) is 13.0. The van der Waals surface area contributed by atoms with Crippen LogP contribution in [0.3, 0.4) is 0 Å². The molecule has 0 amide bonds. The minimum atomic E-state index is -0.0899. The number of likely N-dealkylation sites (N-methyl/N-ethyl adjacent to an activating group) is 1. The highest BCUT2D eigenvalue weighted by Gasteiger charge is 2.21. The summed E-state index contributed by atoms with van der Waals surface area (Å²) in [7, 11) is 3.98. The maximum absolute atomic E-state index is 12.8. The van der Waals surface area contributed by atoms with Crippen molar-refractivity contribution >= 4 is 11.6 Å². The number of nitrogens with zero attached hydrogens (tertiary/aromatic N) is 1. The molecule has 0 aromatic rings. The minimum absolute atomic E-state index is 0.0899. The van der Waals surface area contributed by atoms with Crippen LogP contribution in [-0.4, -0.2) is 36.6 Å². The van der Waals surface area contributed by atoms with Gasteiger partial charge in [0, 0.05) is 19.3 Å². The van der Waals surface area contributed by atoms with Gasteiger partial charge in [-0.25, -0.2) is 0 Å². The maximum atomic E-state index is 12.8. The molecule has 0 saturated carbocycles. The molecule has 1 atom stereocenters. The molecule has 40 heavy (non-hydrogen) atoms. The van der Waals surface area contributed by atoms with E-state index in [9.17, 15) is 9.59 Å². The molecule has 0 rings (SSSR count).